The normalized spacial score (nSPS) is 19.6. The van der Waals surface area contributed by atoms with E-state index in [0.717, 1.165) is 32.5 Å². The Kier molecular flexibility index (Phi) is 6.96. The largest absolute Gasteiger partial charge is 0.379 e. The zero-order chi connectivity index (χ0) is 12.5. The second-order valence-electron chi connectivity index (χ2n) is 4.59. The van der Waals surface area contributed by atoms with Crippen molar-refractivity contribution < 1.29 is 14.3 Å². The number of rotatable bonds is 7. The Hall–Kier alpha value is -0.810. The SMILES string of the molecule is CC(C)OCCCCNC(=O)NC1CCOC1. The summed E-state index contributed by atoms with van der Waals surface area (Å²) >= 11 is 0. The number of carbonyl (C=O) groups is 1. The molecule has 100 valence electrons. The third-order valence-electron chi connectivity index (χ3n) is 2.57. The van der Waals surface area contributed by atoms with Crippen molar-refractivity contribution in [2.45, 2.75) is 45.3 Å². The molecule has 0 saturated carbocycles. The minimum Gasteiger partial charge on any atom is -0.379 e. The minimum absolute atomic E-state index is 0.0923. The summed E-state index contributed by atoms with van der Waals surface area (Å²) in [4.78, 5) is 11.4. The minimum atomic E-state index is -0.0923. The van der Waals surface area contributed by atoms with Crippen LogP contribution in [0.3, 0.4) is 0 Å². The van der Waals surface area contributed by atoms with Gasteiger partial charge in [-0.3, -0.25) is 0 Å². The van der Waals surface area contributed by atoms with Gasteiger partial charge in [-0.05, 0) is 33.1 Å². The van der Waals surface area contributed by atoms with Crippen LogP contribution in [0.5, 0.6) is 0 Å². The van der Waals surface area contributed by atoms with Gasteiger partial charge < -0.3 is 20.1 Å². The van der Waals surface area contributed by atoms with E-state index in [0.29, 0.717) is 13.2 Å². The van der Waals surface area contributed by atoms with Gasteiger partial charge in [0.05, 0.1) is 18.8 Å². The lowest BCUT2D eigenvalue weighted by Gasteiger charge is -2.12. The predicted molar refractivity (Wildman–Crippen MR) is 66.1 cm³/mol. The smallest absolute Gasteiger partial charge is 0.315 e. The van der Waals surface area contributed by atoms with E-state index in [-0.39, 0.29) is 18.2 Å². The van der Waals surface area contributed by atoms with Crippen molar-refractivity contribution in [2.24, 2.45) is 0 Å². The first-order valence-corrected chi connectivity index (χ1v) is 6.42. The van der Waals surface area contributed by atoms with Crippen molar-refractivity contribution in [2.75, 3.05) is 26.4 Å². The van der Waals surface area contributed by atoms with Crippen LogP contribution in [0.1, 0.15) is 33.1 Å². The Labute approximate surface area is 103 Å². The third kappa shape index (κ3) is 7.18. The predicted octanol–water partition coefficient (Wildman–Crippen LogP) is 1.28. The lowest BCUT2D eigenvalue weighted by molar-refractivity contribution is 0.0761. The van der Waals surface area contributed by atoms with Crippen molar-refractivity contribution >= 4 is 6.03 Å². The van der Waals surface area contributed by atoms with E-state index < -0.39 is 0 Å². The van der Waals surface area contributed by atoms with Crippen LogP contribution in [0.4, 0.5) is 4.79 Å². The molecule has 0 aromatic rings. The van der Waals surface area contributed by atoms with Crippen LogP contribution in [0.25, 0.3) is 0 Å². The Morgan fingerprint density at radius 2 is 2.29 bits per heavy atom. The topological polar surface area (TPSA) is 59.6 Å². The molecule has 2 amide bonds. The first-order chi connectivity index (χ1) is 8.18. The van der Waals surface area contributed by atoms with Crippen LogP contribution in [-0.2, 0) is 9.47 Å². The molecule has 2 N–H and O–H groups in total. The molecule has 17 heavy (non-hydrogen) atoms. The quantitative estimate of drug-likeness (QED) is 0.663. The standard InChI is InChI=1S/C12H24N2O3/c1-10(2)17-7-4-3-6-13-12(15)14-11-5-8-16-9-11/h10-11H,3-9H2,1-2H3,(H2,13,14,15). The number of unbranched alkanes of at least 4 members (excludes halogenated alkanes) is 1. The summed E-state index contributed by atoms with van der Waals surface area (Å²) in [6, 6.07) is 0.0875. The first-order valence-electron chi connectivity index (χ1n) is 6.42. The van der Waals surface area contributed by atoms with E-state index in [1.54, 1.807) is 0 Å². The maximum Gasteiger partial charge on any atom is 0.315 e. The molecule has 1 fully saturated rings. The molecule has 1 rings (SSSR count). The van der Waals surface area contributed by atoms with Gasteiger partial charge in [-0.15, -0.1) is 0 Å². The van der Waals surface area contributed by atoms with E-state index >= 15 is 0 Å². The second-order valence-corrected chi connectivity index (χ2v) is 4.59. The third-order valence-corrected chi connectivity index (χ3v) is 2.57. The molecule has 0 spiro atoms. The molecule has 0 aliphatic carbocycles. The molecule has 0 aromatic carbocycles. The molecule has 1 aliphatic heterocycles. The number of hydrogen-bond donors (Lipinski definition) is 2. The fourth-order valence-electron chi connectivity index (χ4n) is 1.63. The zero-order valence-electron chi connectivity index (χ0n) is 10.8. The number of nitrogens with one attached hydrogen (secondary N) is 2. The van der Waals surface area contributed by atoms with Crippen LogP contribution in [0, 0.1) is 0 Å². The van der Waals surface area contributed by atoms with Gasteiger partial charge in [0, 0.05) is 19.8 Å². The van der Waals surface area contributed by atoms with Gasteiger partial charge in [0.2, 0.25) is 0 Å². The van der Waals surface area contributed by atoms with Crippen molar-refractivity contribution in [1.29, 1.82) is 0 Å². The van der Waals surface area contributed by atoms with Crippen molar-refractivity contribution in [1.82, 2.24) is 10.6 Å². The molecule has 5 nitrogen and oxygen atoms in total. The van der Waals surface area contributed by atoms with E-state index in [1.807, 2.05) is 13.8 Å². The van der Waals surface area contributed by atoms with Gasteiger partial charge in [0.25, 0.3) is 0 Å². The summed E-state index contributed by atoms with van der Waals surface area (Å²) in [5, 5.41) is 5.72. The van der Waals surface area contributed by atoms with Gasteiger partial charge in [-0.25, -0.2) is 4.79 Å². The maximum atomic E-state index is 11.4. The first kappa shape index (κ1) is 14.3. The summed E-state index contributed by atoms with van der Waals surface area (Å²) in [5.41, 5.74) is 0. The number of amides is 2. The highest BCUT2D eigenvalue weighted by molar-refractivity contribution is 5.74. The summed E-state index contributed by atoms with van der Waals surface area (Å²) in [6.45, 7) is 6.89. The van der Waals surface area contributed by atoms with Crippen LogP contribution in [0.2, 0.25) is 0 Å². The molecular weight excluding hydrogens is 220 g/mol. The highest BCUT2D eigenvalue weighted by Crippen LogP contribution is 2.02. The fourth-order valence-corrected chi connectivity index (χ4v) is 1.63. The molecule has 1 saturated heterocycles. The van der Waals surface area contributed by atoms with Gasteiger partial charge >= 0.3 is 6.03 Å². The van der Waals surface area contributed by atoms with E-state index in [9.17, 15) is 4.79 Å². The highest BCUT2D eigenvalue weighted by atomic mass is 16.5. The van der Waals surface area contributed by atoms with Crippen molar-refractivity contribution in [3.63, 3.8) is 0 Å². The average molecular weight is 244 g/mol. The molecule has 0 aromatic heterocycles. The lowest BCUT2D eigenvalue weighted by Crippen LogP contribution is -2.42. The molecule has 5 heteroatoms. The van der Waals surface area contributed by atoms with E-state index in [4.69, 9.17) is 9.47 Å². The molecule has 0 bridgehead atoms. The summed E-state index contributed by atoms with van der Waals surface area (Å²) in [5.74, 6) is 0. The molecule has 1 unspecified atom stereocenters. The Balaban J connectivity index is 1.89. The molecular formula is C12H24N2O3. The Morgan fingerprint density at radius 1 is 1.47 bits per heavy atom. The van der Waals surface area contributed by atoms with Crippen LogP contribution in [0.15, 0.2) is 0 Å². The second kappa shape index (κ2) is 8.31. The van der Waals surface area contributed by atoms with Gasteiger partial charge in [0.15, 0.2) is 0 Å². The van der Waals surface area contributed by atoms with Crippen molar-refractivity contribution in [3.8, 4) is 0 Å². The van der Waals surface area contributed by atoms with Crippen LogP contribution in [-0.4, -0.2) is 44.5 Å². The number of hydrogen-bond acceptors (Lipinski definition) is 3. The van der Waals surface area contributed by atoms with E-state index in [1.165, 1.54) is 0 Å². The van der Waals surface area contributed by atoms with Crippen LogP contribution < -0.4 is 10.6 Å². The van der Waals surface area contributed by atoms with E-state index in [2.05, 4.69) is 10.6 Å². The Bertz CT molecular complexity index is 216. The average Bonchev–Trinajstić information content (AvgIpc) is 2.75. The van der Waals surface area contributed by atoms with Gasteiger partial charge in [-0.2, -0.15) is 0 Å². The zero-order valence-corrected chi connectivity index (χ0v) is 10.8. The molecule has 1 atom stereocenters. The van der Waals surface area contributed by atoms with Crippen molar-refractivity contribution in [3.05, 3.63) is 0 Å². The number of urea groups is 1. The number of ether oxygens (including phenoxy) is 2. The van der Waals surface area contributed by atoms with Gasteiger partial charge in [0.1, 0.15) is 0 Å². The highest BCUT2D eigenvalue weighted by Gasteiger charge is 2.16. The monoisotopic (exact) mass is 244 g/mol. The number of carbonyl (C=O) groups excluding carboxylic acids is 1. The summed E-state index contributed by atoms with van der Waals surface area (Å²) < 4.78 is 10.6. The fraction of sp³-hybridized carbons (Fsp3) is 0.917. The maximum absolute atomic E-state index is 11.4. The molecule has 1 heterocycles. The summed E-state index contributed by atoms with van der Waals surface area (Å²) in [6.07, 6.45) is 3.12. The van der Waals surface area contributed by atoms with Crippen LogP contribution >= 0.6 is 0 Å². The van der Waals surface area contributed by atoms with Gasteiger partial charge in [-0.1, -0.05) is 0 Å². The molecule has 0 radical (unpaired) electrons. The summed E-state index contributed by atoms with van der Waals surface area (Å²) in [7, 11) is 0. The lowest BCUT2D eigenvalue weighted by atomic mass is 10.3. The Morgan fingerprint density at radius 3 is 2.94 bits per heavy atom. The molecule has 1 aliphatic rings.